The lowest BCUT2D eigenvalue weighted by Gasteiger charge is -2.06. The quantitative estimate of drug-likeness (QED) is 0.398. The van der Waals surface area contributed by atoms with Gasteiger partial charge in [0.25, 0.3) is 0 Å². The van der Waals surface area contributed by atoms with E-state index < -0.39 is 21.9 Å². The minimum absolute atomic E-state index is 0.108. The Kier molecular flexibility index (Phi) is 3.94. The number of aromatic amines is 1. The first-order chi connectivity index (χ1) is 7.95. The molecule has 0 amide bonds. The number of nitrogens with zero attached hydrogens (tertiary/aromatic N) is 2. The Hall–Kier alpha value is -2.22. The van der Waals surface area contributed by atoms with Crippen LogP contribution in [0.3, 0.4) is 0 Å². The van der Waals surface area contributed by atoms with E-state index in [9.17, 15) is 19.7 Å². The Morgan fingerprint density at radius 2 is 2.29 bits per heavy atom. The lowest BCUT2D eigenvalue weighted by atomic mass is 10.3. The fourth-order valence-electron chi connectivity index (χ4n) is 1.29. The molecule has 0 fully saturated rings. The smallest absolute Gasteiger partial charge is 0.316 e. The Balaban J connectivity index is 3.13. The van der Waals surface area contributed by atoms with Gasteiger partial charge in [0.1, 0.15) is 0 Å². The minimum atomic E-state index is -1.00. The molecule has 0 saturated carbocycles. The first-order valence-electron chi connectivity index (χ1n) is 4.75. The van der Waals surface area contributed by atoms with Gasteiger partial charge in [-0.15, -0.1) is 0 Å². The van der Waals surface area contributed by atoms with Crippen LogP contribution in [-0.4, -0.2) is 28.1 Å². The molecule has 92 valence electrons. The van der Waals surface area contributed by atoms with Crippen molar-refractivity contribution in [3.63, 3.8) is 0 Å². The van der Waals surface area contributed by atoms with Crippen molar-refractivity contribution in [3.05, 3.63) is 49.3 Å². The van der Waals surface area contributed by atoms with Crippen LogP contribution in [0.2, 0.25) is 0 Å². The zero-order valence-corrected chi connectivity index (χ0v) is 9.23. The number of aromatic nitrogens is 2. The van der Waals surface area contributed by atoms with Crippen molar-refractivity contribution in [2.75, 3.05) is 13.6 Å². The van der Waals surface area contributed by atoms with Crippen molar-refractivity contribution >= 4 is 5.69 Å². The van der Waals surface area contributed by atoms with Gasteiger partial charge in [0, 0.05) is 13.1 Å². The van der Waals surface area contributed by atoms with Gasteiger partial charge < -0.3 is 5.32 Å². The summed E-state index contributed by atoms with van der Waals surface area (Å²) < 4.78 is 1.04. The van der Waals surface area contributed by atoms with Gasteiger partial charge >= 0.3 is 16.9 Å². The van der Waals surface area contributed by atoms with Crippen molar-refractivity contribution in [2.24, 2.45) is 0 Å². The maximum Gasteiger partial charge on any atom is 0.350 e. The monoisotopic (exact) mass is 240 g/mol. The third-order valence-corrected chi connectivity index (χ3v) is 2.01. The van der Waals surface area contributed by atoms with E-state index in [2.05, 4.69) is 11.9 Å². The van der Waals surface area contributed by atoms with Crippen LogP contribution < -0.4 is 16.6 Å². The molecule has 0 atom stereocenters. The lowest BCUT2D eigenvalue weighted by Crippen LogP contribution is -2.32. The van der Waals surface area contributed by atoms with Gasteiger partial charge in [0.05, 0.1) is 11.1 Å². The number of H-pyrrole nitrogens is 1. The number of nitro groups is 1. The summed E-state index contributed by atoms with van der Waals surface area (Å²) in [5.41, 5.74) is -1.70. The number of nitrogens with one attached hydrogen (secondary N) is 2. The zero-order valence-electron chi connectivity index (χ0n) is 9.23. The number of hydrogen-bond acceptors (Lipinski definition) is 5. The molecule has 0 radical (unpaired) electrons. The van der Waals surface area contributed by atoms with E-state index in [-0.39, 0.29) is 6.54 Å². The predicted molar refractivity (Wildman–Crippen MR) is 61.0 cm³/mol. The van der Waals surface area contributed by atoms with Crippen molar-refractivity contribution in [2.45, 2.75) is 6.54 Å². The molecular weight excluding hydrogens is 228 g/mol. The third-order valence-electron chi connectivity index (χ3n) is 2.01. The fourth-order valence-corrected chi connectivity index (χ4v) is 1.29. The molecule has 0 saturated heterocycles. The van der Waals surface area contributed by atoms with Gasteiger partial charge in [-0.2, -0.15) is 0 Å². The standard InChI is InChI=1S/C9H12N4O4/c1-6(3-10-2)4-12-5-7(13(16)17)8(14)11-9(12)15/h5,10H,1,3-4H2,2H3,(H,11,14,15). The molecule has 2 N–H and O–H groups in total. The average molecular weight is 240 g/mol. The summed E-state index contributed by atoms with van der Waals surface area (Å²) in [4.78, 5) is 34.1. The molecule has 0 aliphatic rings. The van der Waals surface area contributed by atoms with E-state index in [1.165, 1.54) is 0 Å². The maximum absolute atomic E-state index is 11.4. The predicted octanol–water partition coefficient (Wildman–Crippen LogP) is -0.780. The van der Waals surface area contributed by atoms with E-state index in [0.717, 1.165) is 10.8 Å². The molecule has 0 unspecified atom stereocenters. The van der Waals surface area contributed by atoms with Gasteiger partial charge in [-0.3, -0.25) is 24.5 Å². The van der Waals surface area contributed by atoms with Crippen LogP contribution in [0.15, 0.2) is 27.9 Å². The van der Waals surface area contributed by atoms with Crippen LogP contribution >= 0.6 is 0 Å². The Labute approximate surface area is 95.7 Å². The molecule has 8 nitrogen and oxygen atoms in total. The highest BCUT2D eigenvalue weighted by molar-refractivity contribution is 5.21. The molecule has 8 heteroatoms. The second kappa shape index (κ2) is 5.21. The highest BCUT2D eigenvalue weighted by atomic mass is 16.6. The first kappa shape index (κ1) is 12.8. The van der Waals surface area contributed by atoms with E-state index in [0.29, 0.717) is 12.1 Å². The summed E-state index contributed by atoms with van der Waals surface area (Å²) in [6.07, 6.45) is 0.919. The highest BCUT2D eigenvalue weighted by Gasteiger charge is 2.14. The summed E-state index contributed by atoms with van der Waals surface area (Å²) in [6.45, 7) is 4.27. The molecule has 17 heavy (non-hydrogen) atoms. The van der Waals surface area contributed by atoms with Gasteiger partial charge in [0.2, 0.25) is 0 Å². The topological polar surface area (TPSA) is 110 Å². The highest BCUT2D eigenvalue weighted by Crippen LogP contribution is 2.00. The fraction of sp³-hybridized carbons (Fsp3) is 0.333. The summed E-state index contributed by atoms with van der Waals surface area (Å²) in [7, 11) is 1.71. The first-order valence-corrected chi connectivity index (χ1v) is 4.75. The molecular formula is C9H12N4O4. The van der Waals surface area contributed by atoms with Crippen LogP contribution in [0.1, 0.15) is 0 Å². The van der Waals surface area contributed by atoms with Crippen molar-refractivity contribution < 1.29 is 4.92 Å². The minimum Gasteiger partial charge on any atom is -0.316 e. The van der Waals surface area contributed by atoms with Gasteiger partial charge in [0.15, 0.2) is 0 Å². The molecule has 1 rings (SSSR count). The molecule has 1 aromatic rings. The normalized spacial score (nSPS) is 10.2. The van der Waals surface area contributed by atoms with E-state index in [4.69, 9.17) is 0 Å². The number of hydrogen-bond donors (Lipinski definition) is 2. The Bertz CT molecular complexity index is 557. The summed E-state index contributed by atoms with van der Waals surface area (Å²) >= 11 is 0. The average Bonchev–Trinajstić information content (AvgIpc) is 2.21. The number of rotatable bonds is 5. The Morgan fingerprint density at radius 1 is 1.65 bits per heavy atom. The second-order valence-electron chi connectivity index (χ2n) is 3.44. The van der Waals surface area contributed by atoms with Gasteiger partial charge in [-0.1, -0.05) is 6.58 Å². The SMILES string of the molecule is C=C(CNC)Cn1cc([N+](=O)[O-])c(=O)[nH]c1=O. The van der Waals surface area contributed by atoms with Gasteiger partial charge in [-0.05, 0) is 12.6 Å². The molecule has 0 bridgehead atoms. The third kappa shape index (κ3) is 3.11. The molecule has 0 aromatic carbocycles. The van der Waals surface area contributed by atoms with Crippen LogP contribution in [-0.2, 0) is 6.54 Å². The van der Waals surface area contributed by atoms with Crippen LogP contribution in [0, 0.1) is 10.1 Å². The van der Waals surface area contributed by atoms with Crippen LogP contribution in [0.5, 0.6) is 0 Å². The van der Waals surface area contributed by atoms with Crippen molar-refractivity contribution in [1.29, 1.82) is 0 Å². The lowest BCUT2D eigenvalue weighted by molar-refractivity contribution is -0.386. The molecule has 0 spiro atoms. The molecule has 0 aliphatic heterocycles. The zero-order chi connectivity index (χ0) is 13.0. The van der Waals surface area contributed by atoms with Crippen LogP contribution in [0.4, 0.5) is 5.69 Å². The largest absolute Gasteiger partial charge is 0.350 e. The van der Waals surface area contributed by atoms with Crippen molar-refractivity contribution in [3.8, 4) is 0 Å². The van der Waals surface area contributed by atoms with Gasteiger partial charge in [-0.25, -0.2) is 4.79 Å². The summed E-state index contributed by atoms with van der Waals surface area (Å²) in [5.74, 6) is 0. The maximum atomic E-state index is 11.4. The molecule has 1 heterocycles. The Morgan fingerprint density at radius 3 is 2.82 bits per heavy atom. The van der Waals surface area contributed by atoms with Crippen LogP contribution in [0.25, 0.3) is 0 Å². The summed E-state index contributed by atoms with van der Waals surface area (Å²) in [5, 5.41) is 13.4. The molecule has 0 aliphatic carbocycles. The number of likely N-dealkylation sites (N-methyl/N-ethyl adjacent to an activating group) is 1. The van der Waals surface area contributed by atoms with E-state index >= 15 is 0 Å². The van der Waals surface area contributed by atoms with E-state index in [1.54, 1.807) is 7.05 Å². The van der Waals surface area contributed by atoms with E-state index in [1.807, 2.05) is 4.98 Å². The summed E-state index contributed by atoms with van der Waals surface area (Å²) in [6, 6.07) is 0. The second-order valence-corrected chi connectivity index (χ2v) is 3.44. The van der Waals surface area contributed by atoms with Crippen molar-refractivity contribution in [1.82, 2.24) is 14.9 Å². The molecule has 1 aromatic heterocycles.